The average molecular weight is 280 g/mol. The Morgan fingerprint density at radius 1 is 1.17 bits per heavy atom. The molecule has 0 saturated heterocycles. The van der Waals surface area contributed by atoms with Crippen molar-refractivity contribution >= 4 is 14.4 Å². The van der Waals surface area contributed by atoms with E-state index in [1.165, 1.54) is 0 Å². The van der Waals surface area contributed by atoms with Crippen molar-refractivity contribution in [1.29, 1.82) is 0 Å². The van der Waals surface area contributed by atoms with E-state index in [4.69, 9.17) is 14.2 Å². The molecule has 0 N–H and O–H groups in total. The zero-order valence-electron chi connectivity index (χ0n) is 11.3. The molecule has 0 aromatic heterocycles. The molecule has 1 unspecified atom stereocenters. The molecular weight excluding hydrogens is 263 g/mol. The maximum absolute atomic E-state index is 11.1. The Labute approximate surface area is 131 Å². The predicted molar refractivity (Wildman–Crippen MR) is 62.5 cm³/mol. The van der Waals surface area contributed by atoms with Crippen molar-refractivity contribution in [2.75, 3.05) is 19.8 Å². The minimum absolute atomic E-state index is 0. The molecule has 1 aliphatic rings. The molecule has 0 amide bonds. The first-order chi connectivity index (χ1) is 8.15. The summed E-state index contributed by atoms with van der Waals surface area (Å²) < 4.78 is 16.2. The van der Waals surface area contributed by atoms with Gasteiger partial charge in [-0.05, 0) is 26.5 Å². The maximum atomic E-state index is 11.1. The molecule has 0 aromatic rings. The van der Waals surface area contributed by atoms with Gasteiger partial charge in [0.25, 0.3) is 0 Å². The van der Waals surface area contributed by atoms with Gasteiger partial charge in [0.05, 0.1) is 19.8 Å². The third-order valence-electron chi connectivity index (χ3n) is 2.19. The first-order valence-electron chi connectivity index (χ1n) is 5.71. The largest absolute Gasteiger partial charge is 1.00 e. The van der Waals surface area contributed by atoms with Crippen molar-refractivity contribution in [3.8, 4) is 0 Å². The summed E-state index contributed by atoms with van der Waals surface area (Å²) in [5, 5.41) is 11.5. The van der Waals surface area contributed by atoms with Crippen LogP contribution in [0.15, 0.2) is 22.6 Å². The Bertz CT molecular complexity index is 353. The second-order valence-electron chi connectivity index (χ2n) is 3.32. The van der Waals surface area contributed by atoms with Crippen molar-refractivity contribution in [1.82, 2.24) is 0 Å². The summed E-state index contributed by atoms with van der Waals surface area (Å²) in [6.45, 7) is 6.75. The van der Waals surface area contributed by atoms with E-state index in [-0.39, 0.29) is 29.6 Å². The average Bonchev–Trinajstić information content (AvgIpc) is 2.60. The zero-order chi connectivity index (χ0) is 12.8. The predicted octanol–water partition coefficient (Wildman–Crippen LogP) is -2.56. The normalized spacial score (nSPS) is 17.9. The molecule has 7 heteroatoms. The van der Waals surface area contributed by atoms with Crippen LogP contribution in [0.5, 0.6) is 0 Å². The third-order valence-corrected chi connectivity index (χ3v) is 4.33. The first-order valence-corrected chi connectivity index (χ1v) is 7.53. The molecule has 96 valence electrons. The number of hydrogen-bond acceptors (Lipinski definition) is 5. The molecule has 1 heterocycles. The fraction of sp³-hybridized carbons (Fsp3) is 0.545. The van der Waals surface area contributed by atoms with Gasteiger partial charge in [0.1, 0.15) is 5.38 Å². The van der Waals surface area contributed by atoms with E-state index in [2.05, 4.69) is 0 Å². The summed E-state index contributed by atoms with van der Waals surface area (Å²) in [5.74, 6) is 0.899. The molecule has 0 fully saturated rings. The molecule has 1 aliphatic heterocycles. The summed E-state index contributed by atoms with van der Waals surface area (Å²) in [7, 11) is -2.41. The standard InChI is InChI=1S/C11H18O5Si.Na/c1-4-14-8-7-17(11(12)13)10(16-6-3)9(8)15-5-2;/h7,17H,4-6H2,1-3H3,(H,12,13);/q;+1/p-1. The number of hydrogen-bond donors (Lipinski definition) is 0. The van der Waals surface area contributed by atoms with Crippen LogP contribution in [0.3, 0.4) is 0 Å². The van der Waals surface area contributed by atoms with Gasteiger partial charge in [-0.1, -0.05) is 0 Å². The molecular formula is C11H17NaO5Si. The van der Waals surface area contributed by atoms with Crippen LogP contribution in [0, 0.1) is 0 Å². The van der Waals surface area contributed by atoms with Gasteiger partial charge in [0.2, 0.25) is 0 Å². The SMILES string of the molecule is CCOC1=C[SiH](C(=O)[O-])C(OCC)=C1OCC.[Na+]. The summed E-state index contributed by atoms with van der Waals surface area (Å²) in [6.07, 6.45) is 0. The van der Waals surface area contributed by atoms with Crippen LogP contribution < -0.4 is 34.7 Å². The van der Waals surface area contributed by atoms with Gasteiger partial charge < -0.3 is 24.1 Å². The summed E-state index contributed by atoms with van der Waals surface area (Å²) >= 11 is 0. The molecule has 0 aromatic carbocycles. The van der Waals surface area contributed by atoms with Crippen molar-refractivity contribution in [2.24, 2.45) is 0 Å². The molecule has 0 saturated carbocycles. The van der Waals surface area contributed by atoms with Crippen LogP contribution in [0.2, 0.25) is 0 Å². The molecule has 0 bridgehead atoms. The van der Waals surface area contributed by atoms with Gasteiger partial charge in [0, 0.05) is 5.59 Å². The third kappa shape index (κ3) is 4.05. The fourth-order valence-electron chi connectivity index (χ4n) is 1.61. The topological polar surface area (TPSA) is 67.8 Å². The summed E-state index contributed by atoms with van der Waals surface area (Å²) in [6, 6.07) is 0. The zero-order valence-corrected chi connectivity index (χ0v) is 14.5. The van der Waals surface area contributed by atoms with Gasteiger partial charge in [-0.3, -0.25) is 0 Å². The minimum Gasteiger partial charge on any atom is -0.555 e. The van der Waals surface area contributed by atoms with E-state index < -0.39 is 14.4 Å². The molecule has 0 aliphatic carbocycles. The maximum Gasteiger partial charge on any atom is 1.00 e. The van der Waals surface area contributed by atoms with Crippen LogP contribution in [-0.2, 0) is 14.2 Å². The molecule has 1 rings (SSSR count). The van der Waals surface area contributed by atoms with Crippen molar-refractivity contribution in [3.05, 3.63) is 22.6 Å². The number of carbonyl (C=O) groups excluding carboxylic acids is 1. The minimum atomic E-state index is -2.41. The first kappa shape index (κ1) is 17.6. The van der Waals surface area contributed by atoms with E-state index in [1.54, 1.807) is 12.6 Å². The van der Waals surface area contributed by atoms with Crippen LogP contribution in [0.25, 0.3) is 0 Å². The Kier molecular flexibility index (Phi) is 8.42. The number of ether oxygens (including phenoxy) is 3. The quantitative estimate of drug-likeness (QED) is 0.480. The Morgan fingerprint density at radius 3 is 2.17 bits per heavy atom. The van der Waals surface area contributed by atoms with E-state index in [9.17, 15) is 9.90 Å². The van der Waals surface area contributed by atoms with Gasteiger partial charge in [-0.15, -0.1) is 0 Å². The second kappa shape index (κ2) is 8.63. The van der Waals surface area contributed by atoms with Gasteiger partial charge in [-0.2, -0.15) is 0 Å². The van der Waals surface area contributed by atoms with Crippen LogP contribution in [0.1, 0.15) is 20.8 Å². The van der Waals surface area contributed by atoms with Crippen molar-refractivity contribution in [3.63, 3.8) is 0 Å². The summed E-state index contributed by atoms with van der Waals surface area (Å²) in [5.41, 5.74) is 0.509. The van der Waals surface area contributed by atoms with Crippen LogP contribution in [0.4, 0.5) is 4.79 Å². The van der Waals surface area contributed by atoms with Crippen LogP contribution in [-0.4, -0.2) is 34.2 Å². The molecule has 0 spiro atoms. The second-order valence-corrected chi connectivity index (χ2v) is 5.60. The number of carbonyl (C=O) groups is 1. The Morgan fingerprint density at radius 2 is 1.72 bits per heavy atom. The number of carboxylic acid groups (broad SMARTS) is 1. The van der Waals surface area contributed by atoms with Crippen LogP contribution >= 0.6 is 0 Å². The van der Waals surface area contributed by atoms with E-state index in [1.807, 2.05) is 13.8 Å². The molecule has 18 heavy (non-hydrogen) atoms. The summed E-state index contributed by atoms with van der Waals surface area (Å²) in [4.78, 5) is 11.1. The molecule has 5 nitrogen and oxygen atoms in total. The number of rotatable bonds is 7. The Hall–Kier alpha value is -0.433. The fourth-order valence-corrected chi connectivity index (χ4v) is 3.51. The smallest absolute Gasteiger partial charge is 0.555 e. The monoisotopic (exact) mass is 280 g/mol. The van der Waals surface area contributed by atoms with Gasteiger partial charge >= 0.3 is 29.6 Å². The van der Waals surface area contributed by atoms with Gasteiger partial charge in [0.15, 0.2) is 20.3 Å². The van der Waals surface area contributed by atoms with Crippen molar-refractivity contribution < 1.29 is 53.7 Å². The van der Waals surface area contributed by atoms with Gasteiger partial charge in [-0.25, -0.2) is 0 Å². The van der Waals surface area contributed by atoms with E-state index >= 15 is 0 Å². The van der Waals surface area contributed by atoms with Crippen molar-refractivity contribution in [2.45, 2.75) is 20.8 Å². The molecule has 1 atom stereocenters. The Balaban J connectivity index is 0.00000289. The van der Waals surface area contributed by atoms with E-state index in [0.717, 1.165) is 0 Å². The van der Waals surface area contributed by atoms with E-state index in [0.29, 0.717) is 36.7 Å². The molecule has 0 radical (unpaired) electrons.